The van der Waals surface area contributed by atoms with E-state index < -0.39 is 32.6 Å². The Morgan fingerprint density at radius 1 is 1.25 bits per heavy atom. The number of amides is 1. The SMILES string of the molecule is CCc1nc(CC(=O)NS(=O)(=O)c2ccc(C(F)(F)F)cc2)cs1. The van der Waals surface area contributed by atoms with Crippen molar-refractivity contribution in [1.29, 1.82) is 0 Å². The maximum atomic E-state index is 12.5. The summed E-state index contributed by atoms with van der Waals surface area (Å²) < 4.78 is 63.3. The van der Waals surface area contributed by atoms with E-state index in [1.807, 2.05) is 11.6 Å². The number of alkyl halides is 3. The fourth-order valence-electron chi connectivity index (χ4n) is 1.82. The van der Waals surface area contributed by atoms with Gasteiger partial charge in [0.1, 0.15) is 0 Å². The minimum Gasteiger partial charge on any atom is -0.274 e. The second kappa shape index (κ2) is 6.89. The Labute approximate surface area is 140 Å². The molecule has 1 aromatic carbocycles. The van der Waals surface area contributed by atoms with Gasteiger partial charge in [0.05, 0.1) is 27.6 Å². The first-order valence-corrected chi connectivity index (χ1v) is 9.14. The van der Waals surface area contributed by atoms with Gasteiger partial charge in [-0.2, -0.15) is 13.2 Å². The van der Waals surface area contributed by atoms with Gasteiger partial charge < -0.3 is 0 Å². The Bertz CT molecular complexity index is 828. The van der Waals surface area contributed by atoms with Crippen LogP contribution < -0.4 is 4.72 Å². The zero-order valence-corrected chi connectivity index (χ0v) is 14.1. The lowest BCUT2D eigenvalue weighted by Crippen LogP contribution is -2.31. The van der Waals surface area contributed by atoms with Crippen LogP contribution in [0.1, 0.15) is 23.2 Å². The minimum atomic E-state index is -4.56. The maximum Gasteiger partial charge on any atom is 0.416 e. The van der Waals surface area contributed by atoms with E-state index in [9.17, 15) is 26.4 Å². The Morgan fingerprint density at radius 2 is 1.88 bits per heavy atom. The molecular weight excluding hydrogens is 365 g/mol. The molecule has 130 valence electrons. The van der Waals surface area contributed by atoms with E-state index in [0.29, 0.717) is 24.2 Å². The summed E-state index contributed by atoms with van der Waals surface area (Å²) in [4.78, 5) is 15.5. The van der Waals surface area contributed by atoms with Gasteiger partial charge in [-0.05, 0) is 30.7 Å². The Balaban J connectivity index is 2.08. The van der Waals surface area contributed by atoms with Crippen molar-refractivity contribution in [2.75, 3.05) is 0 Å². The van der Waals surface area contributed by atoms with Gasteiger partial charge >= 0.3 is 6.18 Å². The predicted molar refractivity (Wildman–Crippen MR) is 82.0 cm³/mol. The number of hydrogen-bond donors (Lipinski definition) is 1. The molecule has 1 heterocycles. The third-order valence-electron chi connectivity index (χ3n) is 2.98. The van der Waals surface area contributed by atoms with Gasteiger partial charge in [-0.15, -0.1) is 11.3 Å². The van der Waals surface area contributed by atoms with Crippen molar-refractivity contribution in [2.45, 2.75) is 30.8 Å². The number of aryl methyl sites for hydroxylation is 1. The Morgan fingerprint density at radius 3 is 2.38 bits per heavy atom. The average Bonchev–Trinajstić information content (AvgIpc) is 2.93. The molecule has 0 spiro atoms. The van der Waals surface area contributed by atoms with Gasteiger partial charge in [-0.1, -0.05) is 6.92 Å². The second-order valence-electron chi connectivity index (χ2n) is 4.81. The highest BCUT2D eigenvalue weighted by Gasteiger charge is 2.30. The summed E-state index contributed by atoms with van der Waals surface area (Å²) in [6, 6.07) is 2.90. The lowest BCUT2D eigenvalue weighted by molar-refractivity contribution is -0.137. The third-order valence-corrected chi connectivity index (χ3v) is 5.41. The molecule has 0 aliphatic heterocycles. The highest BCUT2D eigenvalue weighted by Crippen LogP contribution is 2.29. The number of thiazole rings is 1. The molecule has 0 aliphatic carbocycles. The number of rotatable bonds is 5. The molecule has 24 heavy (non-hydrogen) atoms. The first-order chi connectivity index (χ1) is 11.1. The molecule has 0 atom stereocenters. The van der Waals surface area contributed by atoms with Crippen molar-refractivity contribution in [3.05, 3.63) is 45.9 Å². The summed E-state index contributed by atoms with van der Waals surface area (Å²) in [6.07, 6.45) is -4.08. The van der Waals surface area contributed by atoms with Crippen molar-refractivity contribution in [3.8, 4) is 0 Å². The number of sulfonamides is 1. The number of halogens is 3. The zero-order valence-electron chi connectivity index (χ0n) is 12.4. The predicted octanol–water partition coefficient (Wildman–Crippen LogP) is 2.77. The molecule has 0 aliphatic rings. The first-order valence-electron chi connectivity index (χ1n) is 6.78. The molecule has 2 rings (SSSR count). The fraction of sp³-hybridized carbons (Fsp3) is 0.286. The van der Waals surface area contributed by atoms with Gasteiger partial charge in [-0.3, -0.25) is 4.79 Å². The largest absolute Gasteiger partial charge is 0.416 e. The number of carbonyl (C=O) groups excluding carboxylic acids is 1. The number of benzene rings is 1. The van der Waals surface area contributed by atoms with E-state index in [4.69, 9.17) is 0 Å². The fourth-order valence-corrected chi connectivity index (χ4v) is 3.55. The van der Waals surface area contributed by atoms with E-state index in [1.165, 1.54) is 11.3 Å². The van der Waals surface area contributed by atoms with E-state index in [2.05, 4.69) is 4.98 Å². The van der Waals surface area contributed by atoms with Crippen LogP contribution in [0.2, 0.25) is 0 Å². The van der Waals surface area contributed by atoms with Crippen molar-refractivity contribution >= 4 is 27.3 Å². The molecule has 0 saturated heterocycles. The van der Waals surface area contributed by atoms with Crippen molar-refractivity contribution in [1.82, 2.24) is 9.71 Å². The molecule has 0 radical (unpaired) electrons. The lowest BCUT2D eigenvalue weighted by atomic mass is 10.2. The molecule has 1 aromatic heterocycles. The summed E-state index contributed by atoms with van der Waals surface area (Å²) in [5, 5.41) is 2.48. The summed E-state index contributed by atoms with van der Waals surface area (Å²) in [5.74, 6) is -0.803. The molecule has 1 amide bonds. The van der Waals surface area contributed by atoms with Gasteiger partial charge in [0.25, 0.3) is 10.0 Å². The quantitative estimate of drug-likeness (QED) is 0.868. The van der Waals surface area contributed by atoms with Crippen LogP contribution in [0, 0.1) is 0 Å². The van der Waals surface area contributed by atoms with E-state index in [-0.39, 0.29) is 6.42 Å². The van der Waals surface area contributed by atoms with Crippen LogP contribution in [0.3, 0.4) is 0 Å². The van der Waals surface area contributed by atoms with Crippen LogP contribution in [-0.2, 0) is 33.8 Å². The molecular formula is C14H13F3N2O3S2. The highest BCUT2D eigenvalue weighted by atomic mass is 32.2. The summed E-state index contributed by atoms with van der Waals surface area (Å²) in [5.41, 5.74) is -0.528. The van der Waals surface area contributed by atoms with E-state index in [0.717, 1.165) is 17.1 Å². The Kier molecular flexibility index (Phi) is 5.29. The third kappa shape index (κ3) is 4.54. The van der Waals surface area contributed by atoms with Crippen LogP contribution in [0.15, 0.2) is 34.5 Å². The number of carbonyl (C=O) groups is 1. The number of nitrogens with zero attached hydrogens (tertiary/aromatic N) is 1. The lowest BCUT2D eigenvalue weighted by Gasteiger charge is -2.09. The van der Waals surface area contributed by atoms with E-state index in [1.54, 1.807) is 5.38 Å². The van der Waals surface area contributed by atoms with Crippen LogP contribution in [0.5, 0.6) is 0 Å². The first kappa shape index (κ1) is 18.4. The van der Waals surface area contributed by atoms with Crippen molar-refractivity contribution < 1.29 is 26.4 Å². The standard InChI is InChI=1S/C14H13F3N2O3S2/c1-2-13-18-10(8-23-13)7-12(20)19-24(21,22)11-5-3-9(4-6-11)14(15,16)17/h3-6,8H,2,7H2,1H3,(H,19,20). The summed E-state index contributed by atoms with van der Waals surface area (Å²) in [6.45, 7) is 1.90. The van der Waals surface area contributed by atoms with Crippen molar-refractivity contribution in [2.24, 2.45) is 0 Å². The summed E-state index contributed by atoms with van der Waals surface area (Å²) >= 11 is 1.36. The van der Waals surface area contributed by atoms with Gasteiger partial charge in [0.15, 0.2) is 0 Å². The van der Waals surface area contributed by atoms with Crippen LogP contribution in [0.4, 0.5) is 13.2 Å². The molecule has 1 N–H and O–H groups in total. The van der Waals surface area contributed by atoms with Gasteiger partial charge in [-0.25, -0.2) is 18.1 Å². The van der Waals surface area contributed by atoms with Crippen LogP contribution >= 0.6 is 11.3 Å². The summed E-state index contributed by atoms with van der Waals surface area (Å²) in [7, 11) is -4.23. The van der Waals surface area contributed by atoms with Crippen molar-refractivity contribution in [3.63, 3.8) is 0 Å². The molecule has 0 fully saturated rings. The minimum absolute atomic E-state index is 0.226. The Hall–Kier alpha value is -1.94. The smallest absolute Gasteiger partial charge is 0.274 e. The zero-order chi connectivity index (χ0) is 18.0. The number of aromatic nitrogens is 1. The van der Waals surface area contributed by atoms with E-state index >= 15 is 0 Å². The molecule has 10 heteroatoms. The average molecular weight is 378 g/mol. The van der Waals surface area contributed by atoms with Crippen LogP contribution in [-0.4, -0.2) is 19.3 Å². The van der Waals surface area contributed by atoms with Gasteiger partial charge in [0, 0.05) is 5.38 Å². The normalized spacial score (nSPS) is 12.2. The molecule has 0 saturated carbocycles. The molecule has 5 nitrogen and oxygen atoms in total. The monoisotopic (exact) mass is 378 g/mol. The van der Waals surface area contributed by atoms with Gasteiger partial charge in [0.2, 0.25) is 5.91 Å². The molecule has 0 unspecified atom stereocenters. The number of hydrogen-bond acceptors (Lipinski definition) is 5. The molecule has 2 aromatic rings. The molecule has 0 bridgehead atoms. The number of nitrogens with one attached hydrogen (secondary N) is 1. The second-order valence-corrected chi connectivity index (χ2v) is 7.44. The highest BCUT2D eigenvalue weighted by molar-refractivity contribution is 7.90. The maximum absolute atomic E-state index is 12.5. The van der Waals surface area contributed by atoms with Crippen LogP contribution in [0.25, 0.3) is 0 Å². The topological polar surface area (TPSA) is 76.1 Å².